The van der Waals surface area contributed by atoms with Crippen molar-refractivity contribution in [3.8, 4) is 0 Å². The zero-order chi connectivity index (χ0) is 17.6. The molecule has 6 heteroatoms. The highest BCUT2D eigenvalue weighted by molar-refractivity contribution is 7.13. The lowest BCUT2D eigenvalue weighted by molar-refractivity contribution is -0.122. The summed E-state index contributed by atoms with van der Waals surface area (Å²) < 4.78 is 0. The molecule has 2 aromatic rings. The van der Waals surface area contributed by atoms with Gasteiger partial charge in [-0.05, 0) is 30.9 Å². The lowest BCUT2D eigenvalue weighted by atomic mass is 9.91. The number of carbonyl (C=O) groups is 1. The number of rotatable bonds is 6. The Balaban J connectivity index is 1.47. The normalized spacial score (nSPS) is 18.1. The van der Waals surface area contributed by atoms with Crippen LogP contribution in [0.15, 0.2) is 35.7 Å². The first-order valence-corrected chi connectivity index (χ1v) is 9.65. The molecule has 1 amide bonds. The third-order valence-electron chi connectivity index (χ3n) is 4.53. The SMILES string of the molecule is CN(C)c1nc(CNC(=O)CN2CCC[C@@H](c3ccccc3)C2)cs1. The van der Waals surface area contributed by atoms with E-state index >= 15 is 0 Å². The Hall–Kier alpha value is -1.92. The van der Waals surface area contributed by atoms with Crippen LogP contribution in [0.2, 0.25) is 0 Å². The molecule has 1 saturated heterocycles. The molecule has 1 aliphatic heterocycles. The van der Waals surface area contributed by atoms with E-state index < -0.39 is 0 Å². The number of piperidine rings is 1. The van der Waals surface area contributed by atoms with E-state index in [4.69, 9.17) is 0 Å². The van der Waals surface area contributed by atoms with E-state index in [1.165, 1.54) is 12.0 Å². The molecule has 0 unspecified atom stereocenters. The van der Waals surface area contributed by atoms with Crippen molar-refractivity contribution in [1.82, 2.24) is 15.2 Å². The van der Waals surface area contributed by atoms with E-state index in [-0.39, 0.29) is 5.91 Å². The van der Waals surface area contributed by atoms with Gasteiger partial charge in [0.25, 0.3) is 0 Å². The maximum atomic E-state index is 12.3. The Kier molecular flexibility index (Phi) is 6.04. The Morgan fingerprint density at radius 2 is 2.16 bits per heavy atom. The molecular weight excluding hydrogens is 332 g/mol. The zero-order valence-electron chi connectivity index (χ0n) is 14.9. The second-order valence-electron chi connectivity index (χ2n) is 6.78. The average Bonchev–Trinajstić information content (AvgIpc) is 3.10. The smallest absolute Gasteiger partial charge is 0.234 e. The molecule has 1 fully saturated rings. The molecule has 134 valence electrons. The quantitative estimate of drug-likeness (QED) is 0.863. The van der Waals surface area contributed by atoms with Crippen LogP contribution < -0.4 is 10.2 Å². The van der Waals surface area contributed by atoms with Crippen molar-refractivity contribution in [2.24, 2.45) is 0 Å². The van der Waals surface area contributed by atoms with E-state index in [1.807, 2.05) is 24.4 Å². The molecule has 1 aromatic heterocycles. The number of nitrogens with one attached hydrogen (secondary N) is 1. The van der Waals surface area contributed by atoms with Gasteiger partial charge in [-0.15, -0.1) is 11.3 Å². The van der Waals surface area contributed by atoms with E-state index in [1.54, 1.807) is 11.3 Å². The second kappa shape index (κ2) is 8.45. The number of hydrogen-bond acceptors (Lipinski definition) is 5. The lowest BCUT2D eigenvalue weighted by Crippen LogP contribution is -2.41. The van der Waals surface area contributed by atoms with Gasteiger partial charge in [-0.1, -0.05) is 30.3 Å². The minimum absolute atomic E-state index is 0.0770. The van der Waals surface area contributed by atoms with Crippen LogP contribution in [-0.2, 0) is 11.3 Å². The summed E-state index contributed by atoms with van der Waals surface area (Å²) in [5, 5.41) is 5.96. The molecule has 25 heavy (non-hydrogen) atoms. The van der Waals surface area contributed by atoms with Crippen LogP contribution in [0.4, 0.5) is 5.13 Å². The average molecular weight is 359 g/mol. The van der Waals surface area contributed by atoms with E-state index in [0.717, 1.165) is 30.3 Å². The van der Waals surface area contributed by atoms with Gasteiger partial charge < -0.3 is 10.2 Å². The van der Waals surface area contributed by atoms with E-state index in [0.29, 0.717) is 19.0 Å². The number of hydrogen-bond donors (Lipinski definition) is 1. The first-order chi connectivity index (χ1) is 12.1. The fraction of sp³-hybridized carbons (Fsp3) is 0.474. The van der Waals surface area contributed by atoms with Gasteiger partial charge in [0.1, 0.15) is 0 Å². The molecule has 1 aromatic carbocycles. The van der Waals surface area contributed by atoms with Gasteiger partial charge in [-0.3, -0.25) is 9.69 Å². The number of carbonyl (C=O) groups excluding carboxylic acids is 1. The summed E-state index contributed by atoms with van der Waals surface area (Å²) in [6.45, 7) is 2.92. The highest BCUT2D eigenvalue weighted by atomic mass is 32.1. The van der Waals surface area contributed by atoms with Gasteiger partial charge in [0.15, 0.2) is 5.13 Å². The van der Waals surface area contributed by atoms with Crippen molar-refractivity contribution in [3.05, 3.63) is 47.0 Å². The Bertz CT molecular complexity index is 686. The number of nitrogens with zero attached hydrogens (tertiary/aromatic N) is 3. The number of amides is 1. The first-order valence-electron chi connectivity index (χ1n) is 8.77. The van der Waals surface area contributed by atoms with Gasteiger partial charge in [-0.2, -0.15) is 0 Å². The van der Waals surface area contributed by atoms with Gasteiger partial charge in [0, 0.05) is 26.0 Å². The molecule has 0 saturated carbocycles. The second-order valence-corrected chi connectivity index (χ2v) is 7.61. The van der Waals surface area contributed by atoms with Crippen LogP contribution in [0.3, 0.4) is 0 Å². The van der Waals surface area contributed by atoms with Crippen molar-refractivity contribution in [2.45, 2.75) is 25.3 Å². The Morgan fingerprint density at radius 3 is 2.88 bits per heavy atom. The molecule has 2 heterocycles. The molecule has 0 radical (unpaired) electrons. The molecule has 0 spiro atoms. The van der Waals surface area contributed by atoms with Crippen LogP contribution in [0.25, 0.3) is 0 Å². The predicted molar refractivity (Wildman–Crippen MR) is 103 cm³/mol. The number of aromatic nitrogens is 1. The topological polar surface area (TPSA) is 48.5 Å². The number of thiazole rings is 1. The fourth-order valence-corrected chi connectivity index (χ4v) is 3.99. The van der Waals surface area contributed by atoms with Crippen LogP contribution in [0, 0.1) is 0 Å². The molecule has 1 atom stereocenters. The minimum Gasteiger partial charge on any atom is -0.354 e. The predicted octanol–water partition coefficient (Wildman–Crippen LogP) is 2.70. The Morgan fingerprint density at radius 1 is 1.36 bits per heavy atom. The Labute approximate surface area is 153 Å². The van der Waals surface area contributed by atoms with Crippen LogP contribution in [-0.4, -0.2) is 49.5 Å². The highest BCUT2D eigenvalue weighted by Crippen LogP contribution is 2.26. The largest absolute Gasteiger partial charge is 0.354 e. The maximum absolute atomic E-state index is 12.3. The van der Waals surface area contributed by atoms with Gasteiger partial charge >= 0.3 is 0 Å². The summed E-state index contributed by atoms with van der Waals surface area (Å²) in [6.07, 6.45) is 2.35. The summed E-state index contributed by atoms with van der Waals surface area (Å²) in [4.78, 5) is 21.0. The standard InChI is InChI=1S/C19H26N4OS/c1-22(2)19-21-17(14-25-19)11-20-18(24)13-23-10-6-9-16(12-23)15-7-4-3-5-8-15/h3-5,7-8,14,16H,6,9-13H2,1-2H3,(H,20,24)/t16-/m1/s1. The molecule has 0 aliphatic carbocycles. The summed E-state index contributed by atoms with van der Waals surface area (Å²) in [7, 11) is 3.95. The third-order valence-corrected chi connectivity index (χ3v) is 5.59. The van der Waals surface area contributed by atoms with Crippen molar-refractivity contribution < 1.29 is 4.79 Å². The summed E-state index contributed by atoms with van der Waals surface area (Å²) >= 11 is 1.60. The van der Waals surface area contributed by atoms with Crippen molar-refractivity contribution >= 4 is 22.4 Å². The first kappa shape index (κ1) is 17.9. The summed E-state index contributed by atoms with van der Waals surface area (Å²) in [5.41, 5.74) is 2.30. The number of benzene rings is 1. The molecule has 0 bridgehead atoms. The number of likely N-dealkylation sites (tertiary alicyclic amines) is 1. The van der Waals surface area contributed by atoms with Crippen molar-refractivity contribution in [2.75, 3.05) is 38.6 Å². The fourth-order valence-electron chi connectivity index (χ4n) is 3.23. The maximum Gasteiger partial charge on any atom is 0.234 e. The minimum atomic E-state index is 0.0770. The zero-order valence-corrected chi connectivity index (χ0v) is 15.8. The molecular formula is C19H26N4OS. The van der Waals surface area contributed by atoms with Crippen LogP contribution >= 0.6 is 11.3 Å². The molecule has 5 nitrogen and oxygen atoms in total. The van der Waals surface area contributed by atoms with E-state index in [2.05, 4.69) is 45.5 Å². The molecule has 1 N–H and O–H groups in total. The van der Waals surface area contributed by atoms with Gasteiger partial charge in [0.2, 0.25) is 5.91 Å². The van der Waals surface area contributed by atoms with Gasteiger partial charge in [0.05, 0.1) is 18.8 Å². The van der Waals surface area contributed by atoms with Crippen LogP contribution in [0.1, 0.15) is 30.0 Å². The van der Waals surface area contributed by atoms with Crippen molar-refractivity contribution in [1.29, 1.82) is 0 Å². The molecule has 3 rings (SSSR count). The summed E-state index contributed by atoms with van der Waals surface area (Å²) in [6, 6.07) is 10.6. The lowest BCUT2D eigenvalue weighted by Gasteiger charge is -2.32. The number of anilines is 1. The van der Waals surface area contributed by atoms with Gasteiger partial charge in [-0.25, -0.2) is 4.98 Å². The molecule has 1 aliphatic rings. The van der Waals surface area contributed by atoms with Crippen molar-refractivity contribution in [3.63, 3.8) is 0 Å². The monoisotopic (exact) mass is 358 g/mol. The summed E-state index contributed by atoms with van der Waals surface area (Å²) in [5.74, 6) is 0.608. The van der Waals surface area contributed by atoms with Crippen LogP contribution in [0.5, 0.6) is 0 Å². The van der Waals surface area contributed by atoms with E-state index in [9.17, 15) is 4.79 Å². The highest BCUT2D eigenvalue weighted by Gasteiger charge is 2.22. The third kappa shape index (κ3) is 5.03.